The molecule has 3 aromatic rings. The minimum Gasteiger partial charge on any atom is -0.491 e. The van der Waals surface area contributed by atoms with Crippen LogP contribution >= 0.6 is 0 Å². The van der Waals surface area contributed by atoms with Crippen LogP contribution in [0.25, 0.3) is 11.2 Å². The fraction of sp³-hybridized carbons (Fsp3) is 0.476. The standard InChI is InChI=1S/C21H28N6O4/c1-14-6-4-5-7-16(14)31-13-15(28)12-27-17-18(24(2)21(30)25(3)19(17)29)23-20(27)26-10-8-22-9-11-26/h4-7,15,22,28H,8-13H2,1-3H3/t15-/m0/s1. The van der Waals surface area contributed by atoms with Gasteiger partial charge in [0.2, 0.25) is 5.95 Å². The Balaban J connectivity index is 1.71. The van der Waals surface area contributed by atoms with Crippen LogP contribution in [-0.2, 0) is 20.6 Å². The Morgan fingerprint density at radius 1 is 1.16 bits per heavy atom. The maximum Gasteiger partial charge on any atom is 0.332 e. The number of aliphatic hydroxyl groups excluding tert-OH is 1. The molecule has 0 bridgehead atoms. The predicted octanol–water partition coefficient (Wildman–Crippen LogP) is -0.408. The first kappa shape index (κ1) is 21.1. The van der Waals surface area contributed by atoms with Crippen LogP contribution < -0.4 is 26.2 Å². The topological polar surface area (TPSA) is 107 Å². The van der Waals surface area contributed by atoms with E-state index in [4.69, 9.17) is 4.74 Å². The van der Waals surface area contributed by atoms with Crippen LogP contribution in [0.15, 0.2) is 33.9 Å². The van der Waals surface area contributed by atoms with Crippen LogP contribution in [-0.4, -0.2) is 62.7 Å². The third kappa shape index (κ3) is 3.96. The molecule has 1 aromatic carbocycles. The average Bonchev–Trinajstić information content (AvgIpc) is 3.15. The minimum atomic E-state index is -0.874. The number of imidazole rings is 1. The van der Waals surface area contributed by atoms with Gasteiger partial charge in [-0.3, -0.25) is 13.9 Å². The summed E-state index contributed by atoms with van der Waals surface area (Å²) in [6.07, 6.45) is -0.874. The Kier molecular flexibility index (Phi) is 5.84. The van der Waals surface area contributed by atoms with E-state index >= 15 is 0 Å². The monoisotopic (exact) mass is 428 g/mol. The number of hydrogen-bond acceptors (Lipinski definition) is 7. The molecular weight excluding hydrogens is 400 g/mol. The summed E-state index contributed by atoms with van der Waals surface area (Å²) >= 11 is 0. The molecule has 31 heavy (non-hydrogen) atoms. The number of hydrogen-bond donors (Lipinski definition) is 2. The van der Waals surface area contributed by atoms with E-state index in [9.17, 15) is 14.7 Å². The van der Waals surface area contributed by atoms with Crippen molar-refractivity contribution in [3.8, 4) is 5.75 Å². The summed E-state index contributed by atoms with van der Waals surface area (Å²) in [5, 5.41) is 14.1. The van der Waals surface area contributed by atoms with Crippen molar-refractivity contribution in [3.63, 3.8) is 0 Å². The van der Waals surface area contributed by atoms with Gasteiger partial charge in [0, 0.05) is 40.3 Å². The normalized spacial score (nSPS) is 15.4. The first-order valence-corrected chi connectivity index (χ1v) is 10.4. The molecule has 0 radical (unpaired) electrons. The van der Waals surface area contributed by atoms with Gasteiger partial charge in [0.15, 0.2) is 11.2 Å². The molecule has 1 aliphatic rings. The maximum atomic E-state index is 13.0. The number of ether oxygens (including phenoxy) is 1. The van der Waals surface area contributed by atoms with Crippen LogP contribution in [0.5, 0.6) is 5.75 Å². The number of nitrogens with zero attached hydrogens (tertiary/aromatic N) is 5. The third-order valence-corrected chi connectivity index (χ3v) is 5.65. The van der Waals surface area contributed by atoms with Crippen LogP contribution in [0, 0.1) is 6.92 Å². The lowest BCUT2D eigenvalue weighted by Gasteiger charge is -2.29. The highest BCUT2D eigenvalue weighted by atomic mass is 16.5. The number of benzene rings is 1. The van der Waals surface area contributed by atoms with E-state index in [0.29, 0.717) is 36.0 Å². The van der Waals surface area contributed by atoms with E-state index in [0.717, 1.165) is 23.2 Å². The van der Waals surface area contributed by atoms with Gasteiger partial charge in [0.05, 0.1) is 6.54 Å². The summed E-state index contributed by atoms with van der Waals surface area (Å²) in [7, 11) is 3.05. The van der Waals surface area contributed by atoms with Crippen molar-refractivity contribution in [2.45, 2.75) is 19.6 Å². The van der Waals surface area contributed by atoms with E-state index in [1.165, 1.54) is 11.6 Å². The quantitative estimate of drug-likeness (QED) is 0.550. The lowest BCUT2D eigenvalue weighted by atomic mass is 10.2. The lowest BCUT2D eigenvalue weighted by Crippen LogP contribution is -2.45. The van der Waals surface area contributed by atoms with Crippen molar-refractivity contribution in [1.82, 2.24) is 24.0 Å². The van der Waals surface area contributed by atoms with Crippen LogP contribution in [0.4, 0.5) is 5.95 Å². The second-order valence-electron chi connectivity index (χ2n) is 7.87. The molecule has 0 amide bonds. The Morgan fingerprint density at radius 3 is 2.58 bits per heavy atom. The molecule has 1 atom stereocenters. The van der Waals surface area contributed by atoms with E-state index in [1.807, 2.05) is 31.2 Å². The maximum absolute atomic E-state index is 13.0. The second-order valence-corrected chi connectivity index (χ2v) is 7.87. The van der Waals surface area contributed by atoms with Crippen molar-refractivity contribution in [3.05, 3.63) is 50.7 Å². The van der Waals surface area contributed by atoms with Crippen LogP contribution in [0.3, 0.4) is 0 Å². The zero-order valence-corrected chi connectivity index (χ0v) is 18.0. The predicted molar refractivity (Wildman–Crippen MR) is 118 cm³/mol. The third-order valence-electron chi connectivity index (χ3n) is 5.65. The van der Waals surface area contributed by atoms with Crippen LogP contribution in [0.1, 0.15) is 5.56 Å². The van der Waals surface area contributed by atoms with Crippen molar-refractivity contribution >= 4 is 17.1 Å². The van der Waals surface area contributed by atoms with Gasteiger partial charge in [-0.15, -0.1) is 0 Å². The van der Waals surface area contributed by atoms with Crippen molar-refractivity contribution in [1.29, 1.82) is 0 Å². The lowest BCUT2D eigenvalue weighted by molar-refractivity contribution is 0.0932. The van der Waals surface area contributed by atoms with Crippen molar-refractivity contribution in [2.75, 3.05) is 37.7 Å². The van der Waals surface area contributed by atoms with Gasteiger partial charge in [-0.1, -0.05) is 18.2 Å². The molecule has 166 valence electrons. The molecule has 10 heteroatoms. The number of aliphatic hydroxyl groups is 1. The summed E-state index contributed by atoms with van der Waals surface area (Å²) in [6.45, 7) is 5.14. The SMILES string of the molecule is Cc1ccccc1OC[C@@H](O)Cn1c(N2CCNCC2)nc2c1c(=O)n(C)c(=O)n2C. The van der Waals surface area contributed by atoms with Gasteiger partial charge in [-0.2, -0.15) is 4.98 Å². The highest BCUT2D eigenvalue weighted by molar-refractivity contribution is 5.74. The number of piperazine rings is 1. The molecular formula is C21H28N6O4. The second kappa shape index (κ2) is 8.56. The summed E-state index contributed by atoms with van der Waals surface area (Å²) < 4.78 is 9.95. The molecule has 10 nitrogen and oxygen atoms in total. The van der Waals surface area contributed by atoms with Gasteiger partial charge < -0.3 is 24.6 Å². The Labute approximate surface area is 179 Å². The van der Waals surface area contributed by atoms with Gasteiger partial charge in [0.25, 0.3) is 5.56 Å². The summed E-state index contributed by atoms with van der Waals surface area (Å²) in [4.78, 5) is 32.1. The fourth-order valence-corrected chi connectivity index (χ4v) is 3.88. The number of fused-ring (bicyclic) bond motifs is 1. The number of para-hydroxylation sites is 1. The molecule has 4 rings (SSSR count). The number of aromatic nitrogens is 4. The van der Waals surface area contributed by atoms with Gasteiger partial charge in [0.1, 0.15) is 18.5 Å². The summed E-state index contributed by atoms with van der Waals surface area (Å²) in [6, 6.07) is 7.60. The first-order valence-electron chi connectivity index (χ1n) is 10.4. The molecule has 3 heterocycles. The average molecular weight is 428 g/mol. The Hall–Kier alpha value is -3.11. The highest BCUT2D eigenvalue weighted by Gasteiger charge is 2.25. The Morgan fingerprint density at radius 2 is 1.87 bits per heavy atom. The van der Waals surface area contributed by atoms with E-state index in [2.05, 4.69) is 15.2 Å². The zero-order valence-electron chi connectivity index (χ0n) is 18.0. The summed E-state index contributed by atoms with van der Waals surface area (Å²) in [5.41, 5.74) is 0.728. The molecule has 0 unspecified atom stereocenters. The molecule has 0 saturated carbocycles. The molecule has 2 N–H and O–H groups in total. The molecule has 1 aliphatic heterocycles. The van der Waals surface area contributed by atoms with Gasteiger partial charge in [-0.05, 0) is 18.6 Å². The number of rotatable bonds is 6. The summed E-state index contributed by atoms with van der Waals surface area (Å²) in [5.74, 6) is 1.28. The largest absolute Gasteiger partial charge is 0.491 e. The highest BCUT2D eigenvalue weighted by Crippen LogP contribution is 2.21. The fourth-order valence-electron chi connectivity index (χ4n) is 3.88. The molecule has 2 aromatic heterocycles. The smallest absolute Gasteiger partial charge is 0.332 e. The molecule has 0 spiro atoms. The van der Waals surface area contributed by atoms with Gasteiger partial charge in [-0.25, -0.2) is 4.79 Å². The number of nitrogens with one attached hydrogen (secondary N) is 1. The first-order chi connectivity index (χ1) is 14.9. The Bertz CT molecular complexity index is 1210. The van der Waals surface area contributed by atoms with E-state index < -0.39 is 17.4 Å². The molecule has 0 aliphatic carbocycles. The number of anilines is 1. The zero-order chi connectivity index (χ0) is 22.1. The minimum absolute atomic E-state index is 0.0671. The van der Waals surface area contributed by atoms with Crippen molar-refractivity contribution < 1.29 is 9.84 Å². The molecule has 1 saturated heterocycles. The van der Waals surface area contributed by atoms with Crippen molar-refractivity contribution in [2.24, 2.45) is 14.1 Å². The van der Waals surface area contributed by atoms with E-state index in [-0.39, 0.29) is 13.2 Å². The molecule has 1 fully saturated rings. The van der Waals surface area contributed by atoms with E-state index in [1.54, 1.807) is 11.6 Å². The van der Waals surface area contributed by atoms with Crippen LogP contribution in [0.2, 0.25) is 0 Å². The van der Waals surface area contributed by atoms with Gasteiger partial charge >= 0.3 is 5.69 Å². The number of aryl methyl sites for hydroxylation is 2.